The number of carbonyl (C=O) groups is 1. The van der Waals surface area contributed by atoms with Gasteiger partial charge in [-0.2, -0.15) is 4.39 Å². The van der Waals surface area contributed by atoms with Gasteiger partial charge in [-0.1, -0.05) is 0 Å². The van der Waals surface area contributed by atoms with Gasteiger partial charge in [0.1, 0.15) is 0 Å². The summed E-state index contributed by atoms with van der Waals surface area (Å²) in [6.45, 7) is 0. The number of anilines is 1. The molecule has 2 aromatic rings. The maximum Gasteiger partial charge on any atom is 0.260 e. The van der Waals surface area contributed by atoms with Crippen LogP contribution in [0.2, 0.25) is 0 Å². The Labute approximate surface area is 117 Å². The molecule has 20 heavy (non-hydrogen) atoms. The van der Waals surface area contributed by atoms with E-state index >= 15 is 0 Å². The minimum absolute atomic E-state index is 0.370. The second-order valence-electron chi connectivity index (χ2n) is 4.51. The van der Waals surface area contributed by atoms with Crippen LogP contribution in [-0.2, 0) is 12.8 Å². The van der Waals surface area contributed by atoms with Gasteiger partial charge in [0.25, 0.3) is 5.91 Å². The lowest BCUT2D eigenvalue weighted by molar-refractivity contribution is 0.102. The number of aryl methyl sites for hydroxylation is 2. The van der Waals surface area contributed by atoms with Crippen LogP contribution in [-0.4, -0.2) is 15.9 Å². The molecule has 2 heterocycles. The lowest BCUT2D eigenvalue weighted by Gasteiger charge is -2.06. The Morgan fingerprint density at radius 3 is 2.90 bits per heavy atom. The zero-order chi connectivity index (χ0) is 14.1. The number of hydrogen-bond acceptors (Lipinski definition) is 4. The standard InChI is InChI=1S/C13H11F2N3OS/c14-10-7(5-6-16-11(10)15)12(19)18-13-17-8-3-1-2-4-9(8)20-13/h5-6H,1-4H2,(H,17,18,19). The highest BCUT2D eigenvalue weighted by Gasteiger charge is 2.19. The van der Waals surface area contributed by atoms with E-state index in [0.717, 1.165) is 48.5 Å². The lowest BCUT2D eigenvalue weighted by Crippen LogP contribution is -2.15. The number of pyridine rings is 1. The summed E-state index contributed by atoms with van der Waals surface area (Å²) >= 11 is 1.39. The van der Waals surface area contributed by atoms with Crippen LogP contribution in [0.5, 0.6) is 0 Å². The number of amides is 1. The molecule has 0 bridgehead atoms. The number of nitrogens with zero attached hydrogens (tertiary/aromatic N) is 2. The first-order chi connectivity index (χ1) is 9.65. The number of rotatable bonds is 2. The summed E-state index contributed by atoms with van der Waals surface area (Å²) in [6, 6.07) is 1.14. The fraction of sp³-hybridized carbons (Fsp3) is 0.308. The maximum absolute atomic E-state index is 13.5. The Hall–Kier alpha value is -1.89. The van der Waals surface area contributed by atoms with Gasteiger partial charge in [-0.25, -0.2) is 14.4 Å². The second-order valence-corrected chi connectivity index (χ2v) is 5.60. The normalized spacial score (nSPS) is 13.9. The summed E-state index contributed by atoms with van der Waals surface area (Å²) in [5.41, 5.74) is 0.628. The molecule has 1 amide bonds. The summed E-state index contributed by atoms with van der Waals surface area (Å²) in [6.07, 6.45) is 5.13. The molecule has 7 heteroatoms. The fourth-order valence-electron chi connectivity index (χ4n) is 2.16. The summed E-state index contributed by atoms with van der Waals surface area (Å²) < 4.78 is 26.5. The molecule has 0 radical (unpaired) electrons. The fourth-order valence-corrected chi connectivity index (χ4v) is 3.21. The van der Waals surface area contributed by atoms with E-state index < -0.39 is 17.7 Å². The zero-order valence-corrected chi connectivity index (χ0v) is 11.3. The topological polar surface area (TPSA) is 54.9 Å². The molecule has 0 saturated heterocycles. The van der Waals surface area contributed by atoms with Crippen LogP contribution < -0.4 is 5.32 Å². The average molecular weight is 295 g/mol. The monoisotopic (exact) mass is 295 g/mol. The van der Waals surface area contributed by atoms with Crippen LogP contribution in [0.3, 0.4) is 0 Å². The van der Waals surface area contributed by atoms with Gasteiger partial charge in [0, 0.05) is 11.1 Å². The first-order valence-corrected chi connectivity index (χ1v) is 7.06. The third-order valence-corrected chi connectivity index (χ3v) is 4.23. The van der Waals surface area contributed by atoms with Crippen LogP contribution in [0, 0.1) is 11.8 Å². The van der Waals surface area contributed by atoms with Gasteiger partial charge in [-0.15, -0.1) is 11.3 Å². The van der Waals surface area contributed by atoms with Crippen molar-refractivity contribution in [3.63, 3.8) is 0 Å². The molecule has 4 nitrogen and oxygen atoms in total. The number of fused-ring (bicyclic) bond motifs is 1. The smallest absolute Gasteiger partial charge is 0.260 e. The molecule has 104 valence electrons. The van der Waals surface area contributed by atoms with Crippen molar-refractivity contribution in [1.82, 2.24) is 9.97 Å². The van der Waals surface area contributed by atoms with Crippen LogP contribution in [0.1, 0.15) is 33.8 Å². The highest BCUT2D eigenvalue weighted by Crippen LogP contribution is 2.29. The first-order valence-electron chi connectivity index (χ1n) is 6.25. The number of nitrogens with one attached hydrogen (secondary N) is 1. The van der Waals surface area contributed by atoms with Gasteiger partial charge in [-0.3, -0.25) is 10.1 Å². The maximum atomic E-state index is 13.5. The second kappa shape index (κ2) is 5.24. The molecule has 0 atom stereocenters. The van der Waals surface area contributed by atoms with Crippen LogP contribution in [0.4, 0.5) is 13.9 Å². The number of hydrogen-bond donors (Lipinski definition) is 1. The van der Waals surface area contributed by atoms with Crippen molar-refractivity contribution in [2.24, 2.45) is 0 Å². The van der Waals surface area contributed by atoms with Crippen molar-refractivity contribution in [3.05, 3.63) is 40.2 Å². The first kappa shape index (κ1) is 13.1. The van der Waals surface area contributed by atoms with E-state index in [2.05, 4.69) is 15.3 Å². The van der Waals surface area contributed by atoms with Crippen molar-refractivity contribution in [3.8, 4) is 0 Å². The molecule has 1 aliphatic carbocycles. The minimum Gasteiger partial charge on any atom is -0.298 e. The van der Waals surface area contributed by atoms with E-state index in [1.807, 2.05) is 0 Å². The SMILES string of the molecule is O=C(Nc1nc2c(s1)CCCC2)c1ccnc(F)c1F. The Balaban J connectivity index is 1.82. The van der Waals surface area contributed by atoms with Crippen molar-refractivity contribution >= 4 is 22.4 Å². The Morgan fingerprint density at radius 2 is 2.10 bits per heavy atom. The Morgan fingerprint density at radius 1 is 1.30 bits per heavy atom. The molecule has 3 rings (SSSR count). The molecule has 0 saturated carbocycles. The van der Waals surface area contributed by atoms with Crippen molar-refractivity contribution in [2.45, 2.75) is 25.7 Å². The van der Waals surface area contributed by atoms with Crippen LogP contribution in [0.15, 0.2) is 12.3 Å². The van der Waals surface area contributed by atoms with Crippen molar-refractivity contribution < 1.29 is 13.6 Å². The summed E-state index contributed by atoms with van der Waals surface area (Å²) in [5, 5.41) is 2.95. The van der Waals surface area contributed by atoms with Crippen molar-refractivity contribution in [1.29, 1.82) is 0 Å². The van der Waals surface area contributed by atoms with E-state index in [0.29, 0.717) is 5.13 Å². The van der Waals surface area contributed by atoms with E-state index in [-0.39, 0.29) is 5.56 Å². The Kier molecular flexibility index (Phi) is 3.43. The molecular weight excluding hydrogens is 284 g/mol. The predicted octanol–water partition coefficient (Wildman–Crippen LogP) is 2.95. The molecule has 1 N–H and O–H groups in total. The summed E-state index contributed by atoms with van der Waals surface area (Å²) in [4.78, 5) is 20.6. The molecule has 0 spiro atoms. The largest absolute Gasteiger partial charge is 0.298 e. The minimum atomic E-state index is -1.28. The Bertz CT molecular complexity index is 648. The van der Waals surface area contributed by atoms with Crippen molar-refractivity contribution in [2.75, 3.05) is 5.32 Å². The highest BCUT2D eigenvalue weighted by atomic mass is 32.1. The number of aromatic nitrogens is 2. The third-order valence-electron chi connectivity index (χ3n) is 3.16. The van der Waals surface area contributed by atoms with Gasteiger partial charge >= 0.3 is 0 Å². The molecule has 0 fully saturated rings. The predicted molar refractivity (Wildman–Crippen MR) is 70.9 cm³/mol. The molecule has 0 aliphatic heterocycles. The van der Waals surface area contributed by atoms with Crippen LogP contribution in [0.25, 0.3) is 0 Å². The lowest BCUT2D eigenvalue weighted by atomic mass is 10.0. The van der Waals surface area contributed by atoms with Gasteiger partial charge in [0.15, 0.2) is 10.9 Å². The van der Waals surface area contributed by atoms with Gasteiger partial charge in [-0.05, 0) is 31.7 Å². The van der Waals surface area contributed by atoms with Gasteiger partial charge in [0.2, 0.25) is 5.95 Å². The van der Waals surface area contributed by atoms with E-state index in [9.17, 15) is 13.6 Å². The number of carbonyl (C=O) groups excluding carboxylic acids is 1. The molecule has 2 aromatic heterocycles. The number of thiazole rings is 1. The molecule has 1 aliphatic rings. The van der Waals surface area contributed by atoms with Gasteiger partial charge < -0.3 is 0 Å². The molecular formula is C13H11F2N3OS. The summed E-state index contributed by atoms with van der Waals surface area (Å²) in [7, 11) is 0. The van der Waals surface area contributed by atoms with Crippen LogP contribution >= 0.6 is 11.3 Å². The average Bonchev–Trinajstić information content (AvgIpc) is 2.83. The summed E-state index contributed by atoms with van der Waals surface area (Å²) in [5.74, 6) is -3.24. The van der Waals surface area contributed by atoms with E-state index in [4.69, 9.17) is 0 Å². The van der Waals surface area contributed by atoms with E-state index in [1.54, 1.807) is 0 Å². The molecule has 0 unspecified atom stereocenters. The quantitative estimate of drug-likeness (QED) is 0.867. The zero-order valence-electron chi connectivity index (χ0n) is 10.4. The van der Waals surface area contributed by atoms with E-state index in [1.165, 1.54) is 11.3 Å². The number of halogens is 2. The third kappa shape index (κ3) is 2.40. The molecule has 0 aromatic carbocycles. The highest BCUT2D eigenvalue weighted by molar-refractivity contribution is 7.15. The van der Waals surface area contributed by atoms with Gasteiger partial charge in [0.05, 0.1) is 11.3 Å².